The molecule has 0 radical (unpaired) electrons. The second-order valence-electron chi connectivity index (χ2n) is 8.39. The highest BCUT2D eigenvalue weighted by molar-refractivity contribution is 5.81. The van der Waals surface area contributed by atoms with Crippen LogP contribution in [0.1, 0.15) is 49.1 Å². The van der Waals surface area contributed by atoms with E-state index in [-0.39, 0.29) is 24.5 Å². The Morgan fingerprint density at radius 3 is 2.24 bits per heavy atom. The molecule has 1 aliphatic heterocycles. The van der Waals surface area contributed by atoms with E-state index in [1.54, 1.807) is 0 Å². The number of likely N-dealkylation sites (tertiary alicyclic amines) is 1. The number of carboxylic acid groups (broad SMARTS) is 1. The summed E-state index contributed by atoms with van der Waals surface area (Å²) in [4.78, 5) is 26.2. The largest absolute Gasteiger partial charge is 0.548 e. The van der Waals surface area contributed by atoms with Crippen LogP contribution in [0, 0.1) is 5.92 Å². The fourth-order valence-electron chi connectivity index (χ4n) is 5.60. The van der Waals surface area contributed by atoms with Gasteiger partial charge in [0, 0.05) is 12.0 Å². The maximum atomic E-state index is 13.0. The molecule has 1 heterocycles. The first kappa shape index (κ1) is 18.2. The van der Waals surface area contributed by atoms with Crippen molar-refractivity contribution in [3.05, 3.63) is 59.7 Å². The first-order valence-electron chi connectivity index (χ1n) is 10.5. The van der Waals surface area contributed by atoms with Crippen molar-refractivity contribution in [1.82, 2.24) is 4.90 Å². The van der Waals surface area contributed by atoms with Crippen LogP contribution in [0.4, 0.5) is 4.79 Å². The minimum absolute atomic E-state index is 0.0301. The van der Waals surface area contributed by atoms with Crippen LogP contribution in [0.25, 0.3) is 11.1 Å². The topological polar surface area (TPSA) is 69.7 Å². The van der Waals surface area contributed by atoms with Crippen LogP contribution < -0.4 is 5.11 Å². The molecule has 0 spiro atoms. The average Bonchev–Trinajstić information content (AvgIpc) is 3.29. The summed E-state index contributed by atoms with van der Waals surface area (Å²) in [5, 5.41) is 11.7. The van der Waals surface area contributed by atoms with Crippen molar-refractivity contribution in [2.75, 3.05) is 6.61 Å². The molecule has 5 heteroatoms. The molecule has 0 bridgehead atoms. The summed E-state index contributed by atoms with van der Waals surface area (Å²) in [6.45, 7) is 0.209. The predicted molar refractivity (Wildman–Crippen MR) is 106 cm³/mol. The lowest BCUT2D eigenvalue weighted by Gasteiger charge is -2.33. The van der Waals surface area contributed by atoms with Crippen molar-refractivity contribution in [2.24, 2.45) is 5.92 Å². The van der Waals surface area contributed by atoms with Crippen molar-refractivity contribution >= 4 is 12.1 Å². The number of hydrogen-bond donors (Lipinski definition) is 0. The van der Waals surface area contributed by atoms with Crippen molar-refractivity contribution in [2.45, 2.75) is 50.1 Å². The van der Waals surface area contributed by atoms with E-state index in [2.05, 4.69) is 24.3 Å². The molecule has 3 atom stereocenters. The number of ether oxygens (including phenoxy) is 1. The standard InChI is InChI=1S/C24H25NO4/c26-23(27)22-13-15-7-1-6-12-21(15)25(22)24(28)29-14-20-18-10-4-2-8-16(18)17-9-3-5-11-19(17)20/h2-5,8-11,15,20-22H,1,6-7,12-14H2,(H,26,27)/p-1/t15-,21-,22-/m0/s1. The van der Waals surface area contributed by atoms with Gasteiger partial charge in [0.1, 0.15) is 6.61 Å². The van der Waals surface area contributed by atoms with Gasteiger partial charge in [-0.2, -0.15) is 0 Å². The normalized spacial score (nSPS) is 25.2. The SMILES string of the molecule is O=C([O-])[C@@H]1C[C@@H]2CCCC[C@@H]2N1C(=O)OCC1c2ccccc2-c2ccccc21. The van der Waals surface area contributed by atoms with E-state index in [1.165, 1.54) is 16.0 Å². The lowest BCUT2D eigenvalue weighted by atomic mass is 9.85. The van der Waals surface area contributed by atoms with Crippen LogP contribution >= 0.6 is 0 Å². The molecule has 29 heavy (non-hydrogen) atoms. The third-order valence-electron chi connectivity index (χ3n) is 6.91. The lowest BCUT2D eigenvalue weighted by Crippen LogP contribution is -2.50. The molecular weight excluding hydrogens is 366 g/mol. The van der Waals surface area contributed by atoms with E-state index < -0.39 is 18.1 Å². The molecule has 0 aromatic heterocycles. The molecule has 5 nitrogen and oxygen atoms in total. The zero-order chi connectivity index (χ0) is 20.0. The van der Waals surface area contributed by atoms with Crippen LogP contribution in [0.3, 0.4) is 0 Å². The summed E-state index contributed by atoms with van der Waals surface area (Å²) in [6, 6.07) is 15.4. The summed E-state index contributed by atoms with van der Waals surface area (Å²) in [7, 11) is 0. The van der Waals surface area contributed by atoms with Gasteiger partial charge in [0.25, 0.3) is 0 Å². The monoisotopic (exact) mass is 390 g/mol. The molecule has 1 saturated carbocycles. The van der Waals surface area contributed by atoms with Gasteiger partial charge < -0.3 is 14.6 Å². The number of carbonyl (C=O) groups excluding carboxylic acids is 2. The Morgan fingerprint density at radius 2 is 1.59 bits per heavy atom. The molecule has 0 N–H and O–H groups in total. The summed E-state index contributed by atoms with van der Waals surface area (Å²) in [5.41, 5.74) is 4.64. The van der Waals surface area contributed by atoms with Gasteiger partial charge in [-0.1, -0.05) is 61.4 Å². The zero-order valence-corrected chi connectivity index (χ0v) is 16.3. The Morgan fingerprint density at radius 1 is 0.966 bits per heavy atom. The van der Waals surface area contributed by atoms with E-state index in [1.807, 2.05) is 24.3 Å². The smallest absolute Gasteiger partial charge is 0.410 e. The molecule has 2 aromatic rings. The number of nitrogens with zero attached hydrogens (tertiary/aromatic N) is 1. The molecular formula is C24H24NO4-. The van der Waals surface area contributed by atoms with Crippen LogP contribution in [-0.2, 0) is 9.53 Å². The third kappa shape index (κ3) is 3.00. The Bertz CT molecular complexity index is 910. The van der Waals surface area contributed by atoms with Crippen molar-refractivity contribution in [3.63, 3.8) is 0 Å². The Kier molecular flexibility index (Phi) is 4.53. The molecule has 2 aliphatic carbocycles. The number of hydrogen-bond acceptors (Lipinski definition) is 4. The Labute approximate surface area is 170 Å². The lowest BCUT2D eigenvalue weighted by molar-refractivity contribution is -0.310. The van der Waals surface area contributed by atoms with Crippen molar-refractivity contribution < 1.29 is 19.4 Å². The summed E-state index contributed by atoms with van der Waals surface area (Å²) >= 11 is 0. The Hall–Kier alpha value is -2.82. The first-order chi connectivity index (χ1) is 14.1. The van der Waals surface area contributed by atoms with Gasteiger partial charge in [-0.25, -0.2) is 4.79 Å². The average molecular weight is 390 g/mol. The maximum Gasteiger partial charge on any atom is 0.410 e. The number of fused-ring (bicyclic) bond motifs is 4. The summed E-state index contributed by atoms with van der Waals surface area (Å²) in [6.07, 6.45) is 3.90. The zero-order valence-electron chi connectivity index (χ0n) is 16.3. The van der Waals surface area contributed by atoms with Gasteiger partial charge in [-0.05, 0) is 47.4 Å². The third-order valence-corrected chi connectivity index (χ3v) is 6.91. The van der Waals surface area contributed by atoms with Crippen LogP contribution in [0.2, 0.25) is 0 Å². The van der Waals surface area contributed by atoms with Crippen molar-refractivity contribution in [3.8, 4) is 11.1 Å². The molecule has 2 aromatic carbocycles. The van der Waals surface area contributed by atoms with E-state index in [4.69, 9.17) is 4.74 Å². The van der Waals surface area contributed by atoms with Crippen LogP contribution in [0.15, 0.2) is 48.5 Å². The second kappa shape index (κ2) is 7.21. The van der Waals surface area contributed by atoms with E-state index in [0.717, 1.165) is 36.8 Å². The van der Waals surface area contributed by atoms with Gasteiger partial charge in [-0.15, -0.1) is 0 Å². The van der Waals surface area contributed by atoms with Gasteiger partial charge >= 0.3 is 6.09 Å². The van der Waals surface area contributed by atoms with Crippen molar-refractivity contribution in [1.29, 1.82) is 0 Å². The summed E-state index contributed by atoms with van der Waals surface area (Å²) < 4.78 is 5.75. The highest BCUT2D eigenvalue weighted by atomic mass is 16.6. The summed E-state index contributed by atoms with van der Waals surface area (Å²) in [5.74, 6) is -0.961. The minimum atomic E-state index is -1.17. The molecule has 0 unspecified atom stereocenters. The van der Waals surface area contributed by atoms with Gasteiger partial charge in [0.2, 0.25) is 0 Å². The number of amides is 1. The minimum Gasteiger partial charge on any atom is -0.548 e. The number of benzene rings is 2. The fraction of sp³-hybridized carbons (Fsp3) is 0.417. The molecule has 2 fully saturated rings. The van der Waals surface area contributed by atoms with Gasteiger partial charge in [0.05, 0.1) is 12.0 Å². The molecule has 5 rings (SSSR count). The number of carbonyl (C=O) groups is 2. The van der Waals surface area contributed by atoms with E-state index in [9.17, 15) is 14.7 Å². The van der Waals surface area contributed by atoms with E-state index >= 15 is 0 Å². The maximum absolute atomic E-state index is 13.0. The molecule has 150 valence electrons. The molecule has 1 amide bonds. The number of rotatable bonds is 3. The number of carboxylic acids is 1. The quantitative estimate of drug-likeness (QED) is 0.806. The van der Waals surface area contributed by atoms with Crippen LogP contribution in [0.5, 0.6) is 0 Å². The highest BCUT2D eigenvalue weighted by Crippen LogP contribution is 2.45. The number of aliphatic carboxylic acids is 1. The predicted octanol–water partition coefficient (Wildman–Crippen LogP) is 3.32. The van der Waals surface area contributed by atoms with Crippen LogP contribution in [-0.4, -0.2) is 35.7 Å². The fourth-order valence-corrected chi connectivity index (χ4v) is 5.60. The van der Waals surface area contributed by atoms with Gasteiger partial charge in [-0.3, -0.25) is 4.90 Å². The molecule has 1 saturated heterocycles. The second-order valence-corrected chi connectivity index (χ2v) is 8.39. The first-order valence-corrected chi connectivity index (χ1v) is 10.5. The van der Waals surface area contributed by atoms with E-state index in [0.29, 0.717) is 6.42 Å². The highest BCUT2D eigenvalue weighted by Gasteiger charge is 2.46. The molecule has 3 aliphatic rings. The Balaban J connectivity index is 1.37. The van der Waals surface area contributed by atoms with Gasteiger partial charge in [0.15, 0.2) is 0 Å².